The Morgan fingerprint density at radius 3 is 2.65 bits per heavy atom. The van der Waals surface area contributed by atoms with Crippen LogP contribution in [0.25, 0.3) is 0 Å². The molecule has 8 heteroatoms. The molecule has 0 spiro atoms. The van der Waals surface area contributed by atoms with Crippen molar-refractivity contribution in [3.05, 3.63) is 48.3 Å². The van der Waals surface area contributed by atoms with E-state index in [4.69, 9.17) is 4.65 Å². The van der Waals surface area contributed by atoms with Crippen LogP contribution in [0.5, 0.6) is 5.75 Å². The van der Waals surface area contributed by atoms with Gasteiger partial charge in [0.1, 0.15) is 0 Å². The van der Waals surface area contributed by atoms with Crippen LogP contribution in [0.2, 0.25) is 6.32 Å². The van der Waals surface area contributed by atoms with Gasteiger partial charge < -0.3 is 9.64 Å². The summed E-state index contributed by atoms with van der Waals surface area (Å²) in [5, 5.41) is 0. The quantitative estimate of drug-likeness (QED) is 0.828. The van der Waals surface area contributed by atoms with E-state index in [9.17, 15) is 8.42 Å². The molecule has 6 nitrogen and oxygen atoms in total. The molecule has 0 radical (unpaired) electrons. The first kappa shape index (κ1) is 14.3. The van der Waals surface area contributed by atoms with Crippen molar-refractivity contribution in [2.45, 2.75) is 18.1 Å². The molecule has 0 saturated carbocycles. The Kier molecular flexibility index (Phi) is 4.57. The lowest BCUT2D eigenvalue weighted by Gasteiger charge is -2.04. The molecule has 0 amide bonds. The second-order valence-corrected chi connectivity index (χ2v) is 5.61. The van der Waals surface area contributed by atoms with Crippen molar-refractivity contribution in [3.8, 4) is 5.75 Å². The standard InChI is InChI=1S/C12H14BN3O3S/c1-2-13-19-10-3-5-11(6-4-10)20(17,18)16-12-7-8-14-9-15-12/h3-9,13H,2H2,1H3,(H,14,15,16). The average molecular weight is 291 g/mol. The van der Waals surface area contributed by atoms with E-state index in [2.05, 4.69) is 14.4 Å². The van der Waals surface area contributed by atoms with E-state index >= 15 is 0 Å². The van der Waals surface area contributed by atoms with E-state index in [-0.39, 0.29) is 10.4 Å². The number of sulfonamides is 1. The molecule has 0 saturated heterocycles. The monoisotopic (exact) mass is 291 g/mol. The summed E-state index contributed by atoms with van der Waals surface area (Å²) in [6, 6.07) is 7.66. The normalized spacial score (nSPS) is 12.2. The first-order valence-corrected chi connectivity index (χ1v) is 7.59. The van der Waals surface area contributed by atoms with Crippen LogP contribution in [0.15, 0.2) is 52.1 Å². The molecule has 1 heterocycles. The van der Waals surface area contributed by atoms with Gasteiger partial charge in [-0.05, 0) is 36.7 Å². The molecule has 1 N–H and O–H groups in total. The van der Waals surface area contributed by atoms with Crippen LogP contribution in [0.3, 0.4) is 0 Å². The summed E-state index contributed by atoms with van der Waals surface area (Å²) < 4.78 is 33.2. The van der Waals surface area contributed by atoms with Crippen molar-refractivity contribution >= 4 is 17.5 Å². The van der Waals surface area contributed by atoms with E-state index in [1.54, 1.807) is 18.3 Å². The summed E-state index contributed by atoms with van der Waals surface area (Å²) in [7, 11) is -3.16. The third-order valence-electron chi connectivity index (χ3n) is 2.41. The maximum absolute atomic E-state index is 12.1. The molecule has 0 aliphatic rings. The molecule has 1 aromatic heterocycles. The van der Waals surface area contributed by atoms with Crippen LogP contribution < -0.4 is 10.1 Å². The lowest BCUT2D eigenvalue weighted by molar-refractivity contribution is 0.589. The molecule has 2 aromatic rings. The van der Waals surface area contributed by atoms with Crippen molar-refractivity contribution in [2.24, 2.45) is 4.40 Å². The van der Waals surface area contributed by atoms with Gasteiger partial charge in [0, 0.05) is 6.20 Å². The second kappa shape index (κ2) is 6.38. The molecule has 1 aromatic carbocycles. The summed E-state index contributed by atoms with van der Waals surface area (Å²) in [6.07, 6.45) is 3.82. The lowest BCUT2D eigenvalue weighted by Crippen LogP contribution is -2.11. The molecule has 104 valence electrons. The van der Waals surface area contributed by atoms with Crippen LogP contribution in [0, 0.1) is 0 Å². The summed E-state index contributed by atoms with van der Waals surface area (Å²) in [4.78, 5) is 6.63. The van der Waals surface area contributed by atoms with Gasteiger partial charge in [-0.1, -0.05) is 6.92 Å². The van der Waals surface area contributed by atoms with Crippen LogP contribution >= 0.6 is 0 Å². The predicted octanol–water partition coefficient (Wildman–Crippen LogP) is 0.868. The molecule has 0 atom stereocenters. The minimum Gasteiger partial charge on any atom is -0.564 e. The number of aromatic nitrogens is 2. The molecule has 0 bridgehead atoms. The SMILES string of the molecule is CCBOc1ccc(S(=O)(=O)/N=c2\cc[nH]cn2)cc1. The molecule has 0 fully saturated rings. The van der Waals surface area contributed by atoms with E-state index < -0.39 is 10.0 Å². The fraction of sp³-hybridized carbons (Fsp3) is 0.167. The number of nitrogens with one attached hydrogen (secondary N) is 1. The van der Waals surface area contributed by atoms with E-state index in [1.165, 1.54) is 24.5 Å². The summed E-state index contributed by atoms with van der Waals surface area (Å²) >= 11 is 0. The lowest BCUT2D eigenvalue weighted by atomic mass is 9.97. The fourth-order valence-corrected chi connectivity index (χ4v) is 2.41. The van der Waals surface area contributed by atoms with E-state index in [0.717, 1.165) is 6.32 Å². The Hall–Kier alpha value is -2.09. The average Bonchev–Trinajstić information content (AvgIpc) is 2.46. The minimum absolute atomic E-state index is 0.107. The van der Waals surface area contributed by atoms with Crippen molar-refractivity contribution < 1.29 is 13.1 Å². The first-order valence-electron chi connectivity index (χ1n) is 6.15. The maximum Gasteiger partial charge on any atom is 0.339 e. The van der Waals surface area contributed by atoms with Crippen LogP contribution in [0.1, 0.15) is 6.92 Å². The van der Waals surface area contributed by atoms with Crippen molar-refractivity contribution in [1.82, 2.24) is 9.97 Å². The highest BCUT2D eigenvalue weighted by Gasteiger charge is 2.12. The number of aromatic amines is 1. The predicted molar refractivity (Wildman–Crippen MR) is 76.0 cm³/mol. The first-order chi connectivity index (χ1) is 9.62. The molecule has 2 rings (SSSR count). The summed E-state index contributed by atoms with van der Waals surface area (Å²) in [5.74, 6) is 0.637. The van der Waals surface area contributed by atoms with E-state index in [0.29, 0.717) is 13.2 Å². The smallest absolute Gasteiger partial charge is 0.339 e. The summed E-state index contributed by atoms with van der Waals surface area (Å²) in [5.41, 5.74) is 0.134. The number of rotatable bonds is 5. The zero-order valence-corrected chi connectivity index (χ0v) is 11.8. The zero-order valence-electron chi connectivity index (χ0n) is 11.0. The van der Waals surface area contributed by atoms with Gasteiger partial charge >= 0.3 is 7.48 Å². The Bertz CT molecular complexity index is 709. The van der Waals surface area contributed by atoms with Gasteiger partial charge in [-0.2, -0.15) is 8.42 Å². The van der Waals surface area contributed by atoms with Gasteiger partial charge in [-0.3, -0.25) is 0 Å². The van der Waals surface area contributed by atoms with Crippen molar-refractivity contribution in [3.63, 3.8) is 0 Å². The molecule has 0 aliphatic heterocycles. The van der Waals surface area contributed by atoms with Gasteiger partial charge in [-0.15, -0.1) is 4.40 Å². The zero-order chi connectivity index (χ0) is 14.4. The maximum atomic E-state index is 12.1. The van der Waals surface area contributed by atoms with Crippen LogP contribution in [-0.2, 0) is 10.0 Å². The Morgan fingerprint density at radius 1 is 1.30 bits per heavy atom. The number of H-pyrrole nitrogens is 1. The van der Waals surface area contributed by atoms with Crippen LogP contribution in [0.4, 0.5) is 0 Å². The van der Waals surface area contributed by atoms with Gasteiger partial charge in [0.05, 0.1) is 17.0 Å². The molecular weight excluding hydrogens is 277 g/mol. The highest BCUT2D eigenvalue weighted by molar-refractivity contribution is 7.90. The topological polar surface area (TPSA) is 84.4 Å². The molecule has 0 aliphatic carbocycles. The second-order valence-electron chi connectivity index (χ2n) is 4.00. The van der Waals surface area contributed by atoms with Gasteiger partial charge in [0.15, 0.2) is 5.49 Å². The Morgan fingerprint density at radius 2 is 2.05 bits per heavy atom. The number of hydrogen-bond acceptors (Lipinski definition) is 4. The van der Waals surface area contributed by atoms with Gasteiger partial charge in [0.25, 0.3) is 10.0 Å². The number of benzene rings is 1. The third kappa shape index (κ3) is 3.70. The molecular formula is C12H14BN3O3S. The third-order valence-corrected chi connectivity index (χ3v) is 3.70. The van der Waals surface area contributed by atoms with E-state index in [1.807, 2.05) is 6.92 Å². The number of hydrogen-bond donors (Lipinski definition) is 1. The highest BCUT2D eigenvalue weighted by Crippen LogP contribution is 2.17. The Balaban J connectivity index is 2.27. The molecule has 0 unspecified atom stereocenters. The number of nitrogens with zero attached hydrogens (tertiary/aromatic N) is 2. The van der Waals surface area contributed by atoms with Crippen molar-refractivity contribution in [2.75, 3.05) is 0 Å². The largest absolute Gasteiger partial charge is 0.564 e. The Labute approximate surface area is 117 Å². The minimum atomic E-state index is -3.76. The van der Waals surface area contributed by atoms with Crippen molar-refractivity contribution in [1.29, 1.82) is 0 Å². The highest BCUT2D eigenvalue weighted by atomic mass is 32.2. The fourth-order valence-electron chi connectivity index (χ4n) is 1.47. The molecule has 20 heavy (non-hydrogen) atoms. The van der Waals surface area contributed by atoms with Crippen LogP contribution in [-0.4, -0.2) is 25.9 Å². The summed E-state index contributed by atoms with van der Waals surface area (Å²) in [6.45, 7) is 2.00. The van der Waals surface area contributed by atoms with Gasteiger partial charge in [0.2, 0.25) is 0 Å². The van der Waals surface area contributed by atoms with Gasteiger partial charge in [-0.25, -0.2) is 4.98 Å².